The lowest BCUT2D eigenvalue weighted by atomic mass is 9.97. The molecule has 0 N–H and O–H groups in total. The van der Waals surface area contributed by atoms with Gasteiger partial charge >= 0.3 is 5.97 Å². The van der Waals surface area contributed by atoms with E-state index in [0.717, 1.165) is 12.8 Å². The highest BCUT2D eigenvalue weighted by molar-refractivity contribution is 5.75. The van der Waals surface area contributed by atoms with Gasteiger partial charge in [-0.3, -0.25) is 4.79 Å². The van der Waals surface area contributed by atoms with E-state index in [0.29, 0.717) is 13.0 Å². The van der Waals surface area contributed by atoms with Gasteiger partial charge in [-0.2, -0.15) is 0 Å². The molecule has 0 fully saturated rings. The Balaban J connectivity index is 3.64. The number of unbranched alkanes of at least 4 members (excludes halogenated alkanes) is 3. The second-order valence-corrected chi connectivity index (χ2v) is 5.20. The monoisotopic (exact) mass is 248 g/mol. The Kier molecular flexibility index (Phi) is 8.85. The zero-order valence-corrected chi connectivity index (χ0v) is 12.1. The predicted octanol–water partition coefficient (Wildman–Crippen LogP) is 3.55. The first-order chi connectivity index (χ1) is 8.48. The van der Waals surface area contributed by atoms with Crippen LogP contribution in [-0.2, 0) is 9.53 Å². The maximum absolute atomic E-state index is 11.4. The van der Waals surface area contributed by atoms with Gasteiger partial charge in [0.05, 0.1) is 5.41 Å². The van der Waals surface area contributed by atoms with Crippen molar-refractivity contribution >= 4 is 5.97 Å². The van der Waals surface area contributed by atoms with Crippen LogP contribution in [0, 0.1) is 29.1 Å². The Morgan fingerprint density at radius 1 is 1.06 bits per heavy atom. The lowest BCUT2D eigenvalue weighted by molar-refractivity contribution is -0.152. The first kappa shape index (κ1) is 16.6. The van der Waals surface area contributed by atoms with Crippen LogP contribution in [0.15, 0.2) is 0 Å². The number of carbonyl (C=O) groups is 1. The Bertz CT molecular complexity index is 353. The van der Waals surface area contributed by atoms with Crippen LogP contribution in [0.5, 0.6) is 0 Å². The third kappa shape index (κ3) is 9.79. The SMILES string of the molecule is CCCCCC#CC#CCCOC(=O)C(C)(C)C. The lowest BCUT2D eigenvalue weighted by Crippen LogP contribution is -2.23. The van der Waals surface area contributed by atoms with Gasteiger partial charge in [-0.1, -0.05) is 31.6 Å². The maximum Gasteiger partial charge on any atom is 0.311 e. The van der Waals surface area contributed by atoms with Crippen LogP contribution in [0.1, 0.15) is 59.8 Å². The van der Waals surface area contributed by atoms with E-state index in [1.165, 1.54) is 12.8 Å². The predicted molar refractivity (Wildman–Crippen MR) is 74.7 cm³/mol. The molecular weight excluding hydrogens is 224 g/mol. The number of hydrogen-bond acceptors (Lipinski definition) is 2. The minimum atomic E-state index is -0.438. The fourth-order valence-corrected chi connectivity index (χ4v) is 1.09. The molecule has 0 atom stereocenters. The molecule has 2 heteroatoms. The molecule has 0 aromatic heterocycles. The summed E-state index contributed by atoms with van der Waals surface area (Å²) < 4.78 is 5.08. The fourth-order valence-electron chi connectivity index (χ4n) is 1.09. The molecule has 0 saturated heterocycles. The number of ether oxygens (including phenoxy) is 1. The van der Waals surface area contributed by atoms with Crippen LogP contribution in [0.4, 0.5) is 0 Å². The molecule has 0 aromatic rings. The smallest absolute Gasteiger partial charge is 0.311 e. The van der Waals surface area contributed by atoms with E-state index in [9.17, 15) is 4.79 Å². The summed E-state index contributed by atoms with van der Waals surface area (Å²) in [6, 6.07) is 0. The van der Waals surface area contributed by atoms with Gasteiger partial charge in [0.25, 0.3) is 0 Å². The Labute approximate surface area is 111 Å². The second-order valence-electron chi connectivity index (χ2n) is 5.20. The molecule has 2 nitrogen and oxygen atoms in total. The van der Waals surface area contributed by atoms with Crippen LogP contribution in [0.2, 0.25) is 0 Å². The zero-order valence-electron chi connectivity index (χ0n) is 12.1. The van der Waals surface area contributed by atoms with Crippen molar-refractivity contribution in [3.05, 3.63) is 0 Å². The maximum atomic E-state index is 11.4. The standard InChI is InChI=1S/C16H24O2/c1-5-6-7-8-9-10-11-12-13-14-18-15(17)16(2,3)4/h5-8,13-14H2,1-4H3. The quantitative estimate of drug-likeness (QED) is 0.422. The van der Waals surface area contributed by atoms with Crippen molar-refractivity contribution in [2.45, 2.75) is 59.8 Å². The topological polar surface area (TPSA) is 26.3 Å². The highest BCUT2D eigenvalue weighted by Crippen LogP contribution is 2.14. The summed E-state index contributed by atoms with van der Waals surface area (Å²) in [6.45, 7) is 8.03. The Morgan fingerprint density at radius 2 is 1.67 bits per heavy atom. The normalized spacial score (nSPS) is 9.78. The molecule has 0 rings (SSSR count). The summed E-state index contributed by atoms with van der Waals surface area (Å²) in [7, 11) is 0. The molecule has 0 heterocycles. The molecule has 0 radical (unpaired) electrons. The van der Waals surface area contributed by atoms with Crippen LogP contribution in [0.3, 0.4) is 0 Å². The number of hydrogen-bond donors (Lipinski definition) is 0. The average molecular weight is 248 g/mol. The number of esters is 1. The molecule has 0 unspecified atom stereocenters. The summed E-state index contributed by atoms with van der Waals surface area (Å²) in [6.07, 6.45) is 5.05. The van der Waals surface area contributed by atoms with Crippen molar-refractivity contribution in [1.29, 1.82) is 0 Å². The van der Waals surface area contributed by atoms with Crippen molar-refractivity contribution < 1.29 is 9.53 Å². The van der Waals surface area contributed by atoms with Crippen LogP contribution >= 0.6 is 0 Å². The molecule has 18 heavy (non-hydrogen) atoms. The van der Waals surface area contributed by atoms with Crippen molar-refractivity contribution in [1.82, 2.24) is 0 Å². The molecule has 0 aromatic carbocycles. The van der Waals surface area contributed by atoms with E-state index in [4.69, 9.17) is 4.74 Å². The van der Waals surface area contributed by atoms with E-state index < -0.39 is 5.41 Å². The van der Waals surface area contributed by atoms with Gasteiger partial charge in [0, 0.05) is 12.8 Å². The van der Waals surface area contributed by atoms with Gasteiger partial charge in [-0.15, -0.1) is 0 Å². The third-order valence-electron chi connectivity index (χ3n) is 2.22. The van der Waals surface area contributed by atoms with Gasteiger partial charge in [-0.25, -0.2) is 0 Å². The van der Waals surface area contributed by atoms with Gasteiger partial charge in [0.15, 0.2) is 0 Å². The number of rotatable bonds is 5. The highest BCUT2D eigenvalue weighted by atomic mass is 16.5. The van der Waals surface area contributed by atoms with Crippen molar-refractivity contribution in [2.75, 3.05) is 6.61 Å². The van der Waals surface area contributed by atoms with E-state index in [2.05, 4.69) is 30.6 Å². The van der Waals surface area contributed by atoms with Crippen LogP contribution < -0.4 is 0 Å². The minimum absolute atomic E-state index is 0.185. The number of carbonyl (C=O) groups excluding carboxylic acids is 1. The van der Waals surface area contributed by atoms with Crippen molar-refractivity contribution in [3.8, 4) is 23.7 Å². The summed E-state index contributed by atoms with van der Waals surface area (Å²) in [4.78, 5) is 11.4. The van der Waals surface area contributed by atoms with E-state index in [1.54, 1.807) is 0 Å². The Morgan fingerprint density at radius 3 is 2.22 bits per heavy atom. The molecule has 0 saturated carbocycles. The molecule has 0 aliphatic heterocycles. The Hall–Kier alpha value is -1.41. The van der Waals surface area contributed by atoms with E-state index >= 15 is 0 Å². The van der Waals surface area contributed by atoms with Gasteiger partial charge in [0.2, 0.25) is 0 Å². The summed E-state index contributed by atoms with van der Waals surface area (Å²) in [5.41, 5.74) is -0.438. The molecule has 0 aliphatic rings. The molecule has 0 amide bonds. The summed E-state index contributed by atoms with van der Waals surface area (Å²) in [5.74, 6) is 11.3. The van der Waals surface area contributed by atoms with Gasteiger partial charge in [0.1, 0.15) is 6.61 Å². The largest absolute Gasteiger partial charge is 0.464 e. The minimum Gasteiger partial charge on any atom is -0.464 e. The van der Waals surface area contributed by atoms with Crippen molar-refractivity contribution in [2.24, 2.45) is 5.41 Å². The highest BCUT2D eigenvalue weighted by Gasteiger charge is 2.22. The van der Waals surface area contributed by atoms with E-state index in [-0.39, 0.29) is 5.97 Å². The van der Waals surface area contributed by atoms with Gasteiger partial charge < -0.3 is 4.74 Å². The first-order valence-electron chi connectivity index (χ1n) is 6.61. The van der Waals surface area contributed by atoms with Gasteiger partial charge in [-0.05, 0) is 39.0 Å². The van der Waals surface area contributed by atoms with Crippen LogP contribution in [-0.4, -0.2) is 12.6 Å². The molecular formula is C16H24O2. The average Bonchev–Trinajstić information content (AvgIpc) is 2.30. The van der Waals surface area contributed by atoms with E-state index in [1.807, 2.05) is 20.8 Å². The fraction of sp³-hybridized carbons (Fsp3) is 0.688. The molecule has 100 valence electrons. The first-order valence-corrected chi connectivity index (χ1v) is 6.61. The second kappa shape index (κ2) is 9.60. The third-order valence-corrected chi connectivity index (χ3v) is 2.22. The zero-order chi connectivity index (χ0) is 13.9. The molecule has 0 bridgehead atoms. The summed E-state index contributed by atoms with van der Waals surface area (Å²) in [5, 5.41) is 0. The van der Waals surface area contributed by atoms with Crippen LogP contribution in [0.25, 0.3) is 0 Å². The summed E-state index contributed by atoms with van der Waals surface area (Å²) >= 11 is 0. The lowest BCUT2D eigenvalue weighted by Gasteiger charge is -2.15. The molecule has 0 spiro atoms. The van der Waals surface area contributed by atoms with Crippen molar-refractivity contribution in [3.63, 3.8) is 0 Å². The molecule has 0 aliphatic carbocycles.